The van der Waals surface area contributed by atoms with Gasteiger partial charge in [0.15, 0.2) is 0 Å². The highest BCUT2D eigenvalue weighted by atomic mass is 14.6. The molecule has 0 aliphatic carbocycles. The van der Waals surface area contributed by atoms with Crippen LogP contribution in [-0.4, -0.2) is 9.97 Å². The van der Waals surface area contributed by atoms with Crippen LogP contribution in [0.4, 0.5) is 0 Å². The second-order valence-electron chi connectivity index (χ2n) is 2.60. The maximum absolute atomic E-state index is 3.93. The van der Waals surface area contributed by atoms with Crippen molar-refractivity contribution in [3.63, 3.8) is 0 Å². The average Bonchev–Trinajstić information content (AvgIpc) is 2.21. The Kier molecular flexibility index (Phi) is 2.32. The molecule has 13 heavy (non-hydrogen) atoms. The van der Waals surface area contributed by atoms with Crippen molar-refractivity contribution in [1.82, 2.24) is 9.97 Å². The molecule has 0 N–H and O–H groups in total. The molecule has 2 aromatic rings. The number of hydrogen-bond acceptors (Lipinski definition) is 2. The van der Waals surface area contributed by atoms with E-state index in [2.05, 4.69) is 16.4 Å². The Balaban J connectivity index is 2.16. The first-order chi connectivity index (χ1) is 6.45. The first-order valence-electron chi connectivity index (χ1n) is 4.02. The van der Waals surface area contributed by atoms with Crippen LogP contribution in [0.1, 0.15) is 11.1 Å². The second kappa shape index (κ2) is 3.81. The third kappa shape index (κ3) is 2.12. The largest absolute Gasteiger partial charge is 0.265 e. The molecular formula is C11H8N2. The maximum atomic E-state index is 3.93. The Morgan fingerprint density at radius 3 is 1.46 bits per heavy atom. The molecule has 2 nitrogen and oxygen atoms in total. The van der Waals surface area contributed by atoms with E-state index in [1.165, 1.54) is 0 Å². The molecule has 0 atom stereocenters. The lowest BCUT2D eigenvalue weighted by molar-refractivity contribution is 1.27. The van der Waals surface area contributed by atoms with E-state index in [1.807, 2.05) is 24.3 Å². The van der Waals surface area contributed by atoms with Crippen molar-refractivity contribution in [2.45, 2.75) is 0 Å². The van der Waals surface area contributed by atoms with Gasteiger partial charge >= 0.3 is 0 Å². The summed E-state index contributed by atoms with van der Waals surface area (Å²) < 4.78 is 0. The molecule has 0 saturated heterocycles. The van der Waals surface area contributed by atoms with Crippen molar-refractivity contribution < 1.29 is 0 Å². The van der Waals surface area contributed by atoms with Gasteiger partial charge in [0.25, 0.3) is 0 Å². The molecule has 0 bridgehead atoms. The van der Waals surface area contributed by atoms with Crippen LogP contribution in [0, 0.1) is 6.42 Å². The molecule has 0 saturated carbocycles. The second-order valence-corrected chi connectivity index (χ2v) is 2.60. The summed E-state index contributed by atoms with van der Waals surface area (Å²) in [6.07, 6.45) is 10.2. The lowest BCUT2D eigenvalue weighted by Crippen LogP contribution is -1.84. The van der Waals surface area contributed by atoms with Crippen molar-refractivity contribution in [3.8, 4) is 0 Å². The summed E-state index contributed by atoms with van der Waals surface area (Å²) in [6, 6.07) is 7.67. The van der Waals surface area contributed by atoms with Crippen LogP contribution in [-0.2, 0) is 0 Å². The van der Waals surface area contributed by atoms with Crippen LogP contribution in [0.25, 0.3) is 0 Å². The molecule has 0 unspecified atom stereocenters. The predicted molar refractivity (Wildman–Crippen MR) is 49.9 cm³/mol. The monoisotopic (exact) mass is 168 g/mol. The van der Waals surface area contributed by atoms with Gasteiger partial charge in [0.05, 0.1) is 6.42 Å². The fourth-order valence-electron chi connectivity index (χ4n) is 1.04. The molecule has 0 fully saturated rings. The molecule has 0 spiro atoms. The molecule has 62 valence electrons. The lowest BCUT2D eigenvalue weighted by Gasteiger charge is -1.98. The maximum Gasteiger partial charge on any atom is 0.0504 e. The number of aromatic nitrogens is 2. The Bertz CT molecular complexity index is 319. The van der Waals surface area contributed by atoms with E-state index in [4.69, 9.17) is 0 Å². The highest BCUT2D eigenvalue weighted by Crippen LogP contribution is 2.08. The Morgan fingerprint density at radius 1 is 0.692 bits per heavy atom. The molecule has 2 rings (SSSR count). The van der Waals surface area contributed by atoms with E-state index in [-0.39, 0.29) is 0 Å². The summed E-state index contributed by atoms with van der Waals surface area (Å²) in [4.78, 5) is 7.87. The smallest absolute Gasteiger partial charge is 0.0504 e. The molecule has 2 heterocycles. The van der Waals surface area contributed by atoms with Crippen LogP contribution < -0.4 is 0 Å². The number of pyridine rings is 2. The van der Waals surface area contributed by atoms with E-state index in [0.717, 1.165) is 11.1 Å². The number of hydrogen-bond donors (Lipinski definition) is 0. The van der Waals surface area contributed by atoms with Gasteiger partial charge in [0.2, 0.25) is 0 Å². The quantitative estimate of drug-likeness (QED) is 0.685. The zero-order valence-corrected chi connectivity index (χ0v) is 7.01. The fourth-order valence-corrected chi connectivity index (χ4v) is 1.04. The Labute approximate surface area is 77.3 Å². The normalized spacial score (nSPS) is 9.85. The topological polar surface area (TPSA) is 25.8 Å². The first kappa shape index (κ1) is 7.92. The Hall–Kier alpha value is -1.70. The van der Waals surface area contributed by atoms with E-state index in [9.17, 15) is 0 Å². The van der Waals surface area contributed by atoms with Gasteiger partial charge in [0.1, 0.15) is 0 Å². The number of nitrogens with zero attached hydrogens (tertiary/aromatic N) is 2. The van der Waals surface area contributed by atoms with Gasteiger partial charge in [-0.1, -0.05) is 0 Å². The summed E-state index contributed by atoms with van der Waals surface area (Å²) >= 11 is 0. The SMILES string of the molecule is [C](c1ccncc1)c1ccncc1. The van der Waals surface area contributed by atoms with E-state index in [0.29, 0.717) is 0 Å². The van der Waals surface area contributed by atoms with Gasteiger partial charge in [-0.2, -0.15) is 0 Å². The summed E-state index contributed by atoms with van der Waals surface area (Å²) in [5.74, 6) is 0. The van der Waals surface area contributed by atoms with Crippen LogP contribution in [0.5, 0.6) is 0 Å². The minimum atomic E-state index is 1.03. The zero-order chi connectivity index (χ0) is 8.93. The summed E-state index contributed by atoms with van der Waals surface area (Å²) in [6.45, 7) is 0. The highest BCUT2D eigenvalue weighted by Gasteiger charge is 1.94. The van der Waals surface area contributed by atoms with Crippen molar-refractivity contribution in [3.05, 3.63) is 66.6 Å². The van der Waals surface area contributed by atoms with Gasteiger partial charge < -0.3 is 0 Å². The highest BCUT2D eigenvalue weighted by molar-refractivity contribution is 5.34. The minimum Gasteiger partial charge on any atom is -0.265 e. The molecule has 0 aliphatic heterocycles. The van der Waals surface area contributed by atoms with Gasteiger partial charge in [0, 0.05) is 24.8 Å². The summed E-state index contributed by atoms with van der Waals surface area (Å²) in [5.41, 5.74) is 2.06. The number of rotatable bonds is 2. The van der Waals surface area contributed by atoms with Gasteiger partial charge in [-0.25, -0.2) is 0 Å². The van der Waals surface area contributed by atoms with Crippen LogP contribution in [0.15, 0.2) is 49.1 Å². The minimum absolute atomic E-state index is 1.03. The van der Waals surface area contributed by atoms with E-state index < -0.39 is 0 Å². The van der Waals surface area contributed by atoms with Crippen molar-refractivity contribution in [1.29, 1.82) is 0 Å². The summed E-state index contributed by atoms with van der Waals surface area (Å²) in [5, 5.41) is 0. The molecule has 2 radical (unpaired) electrons. The van der Waals surface area contributed by atoms with Crippen LogP contribution >= 0.6 is 0 Å². The molecule has 0 amide bonds. The molecule has 0 aliphatic rings. The van der Waals surface area contributed by atoms with Crippen molar-refractivity contribution in [2.24, 2.45) is 0 Å². The van der Waals surface area contributed by atoms with E-state index >= 15 is 0 Å². The zero-order valence-electron chi connectivity index (χ0n) is 7.01. The average molecular weight is 168 g/mol. The third-order valence-electron chi connectivity index (χ3n) is 1.65. The standard InChI is InChI=1S/C11H8N2/c1-5-12-6-2-10(1)9-11-3-7-13-8-4-11/h1-8H. The first-order valence-corrected chi connectivity index (χ1v) is 4.02. The van der Waals surface area contributed by atoms with Crippen molar-refractivity contribution >= 4 is 0 Å². The van der Waals surface area contributed by atoms with Gasteiger partial charge in [-0.15, -0.1) is 0 Å². The third-order valence-corrected chi connectivity index (χ3v) is 1.65. The molecule has 2 aromatic heterocycles. The lowest BCUT2D eigenvalue weighted by atomic mass is 10.1. The van der Waals surface area contributed by atoms with Gasteiger partial charge in [-0.3, -0.25) is 9.97 Å². The Morgan fingerprint density at radius 2 is 1.08 bits per heavy atom. The van der Waals surface area contributed by atoms with Crippen LogP contribution in [0.3, 0.4) is 0 Å². The fraction of sp³-hybridized carbons (Fsp3) is 0. The van der Waals surface area contributed by atoms with Gasteiger partial charge in [-0.05, 0) is 35.4 Å². The van der Waals surface area contributed by atoms with Crippen molar-refractivity contribution in [2.75, 3.05) is 0 Å². The van der Waals surface area contributed by atoms with E-state index in [1.54, 1.807) is 24.8 Å². The molecule has 2 heteroatoms. The summed E-state index contributed by atoms with van der Waals surface area (Å²) in [7, 11) is 0. The molecular weight excluding hydrogens is 160 g/mol. The van der Waals surface area contributed by atoms with Crippen LogP contribution in [0.2, 0.25) is 0 Å². The molecule has 0 aromatic carbocycles. The predicted octanol–water partition coefficient (Wildman–Crippen LogP) is 1.95.